The molecule has 0 radical (unpaired) electrons. The molecule has 0 bridgehead atoms. The van der Waals surface area contributed by atoms with Gasteiger partial charge < -0.3 is 10.4 Å². The minimum atomic E-state index is 0.455. The number of phenolic OH excluding ortho intramolecular Hbond substituents is 1. The van der Waals surface area contributed by atoms with Crippen molar-refractivity contribution in [1.29, 1.82) is 0 Å². The molecule has 0 aromatic heterocycles. The predicted octanol–water partition coefficient (Wildman–Crippen LogP) is 3.13. The maximum Gasteiger partial charge on any atom is 0.119 e. The molecule has 0 aliphatic carbocycles. The van der Waals surface area contributed by atoms with Crippen LogP contribution in [0.4, 0.5) is 0 Å². The summed E-state index contributed by atoms with van der Waals surface area (Å²) >= 11 is 0. The number of rotatable bonds is 3. The highest BCUT2D eigenvalue weighted by Gasteiger charge is 2.28. The largest absolute Gasteiger partial charge is 0.508 e. The molecule has 0 amide bonds. The van der Waals surface area contributed by atoms with E-state index < -0.39 is 0 Å². The highest BCUT2D eigenvalue weighted by molar-refractivity contribution is 5.35. The van der Waals surface area contributed by atoms with Crippen molar-refractivity contribution in [2.45, 2.75) is 32.6 Å². The lowest BCUT2D eigenvalue weighted by Gasteiger charge is -2.34. The standard InChI is InChI=1S/C15H23NO/c1-11(2)15(12-6-5-9-16-10-12)13-7-3-4-8-14(13)17/h3-4,7-8,11-12,15-17H,5-6,9-10H2,1-2H3. The van der Waals surface area contributed by atoms with Crippen LogP contribution >= 0.6 is 0 Å². The molecule has 2 rings (SSSR count). The van der Waals surface area contributed by atoms with Gasteiger partial charge in [-0.15, -0.1) is 0 Å². The van der Waals surface area contributed by atoms with Crippen molar-refractivity contribution in [2.24, 2.45) is 11.8 Å². The van der Waals surface area contributed by atoms with Crippen molar-refractivity contribution < 1.29 is 5.11 Å². The van der Waals surface area contributed by atoms with Gasteiger partial charge in [0.1, 0.15) is 5.75 Å². The first kappa shape index (κ1) is 12.4. The quantitative estimate of drug-likeness (QED) is 0.840. The summed E-state index contributed by atoms with van der Waals surface area (Å²) in [6, 6.07) is 7.81. The average Bonchev–Trinajstić information content (AvgIpc) is 2.33. The van der Waals surface area contributed by atoms with E-state index >= 15 is 0 Å². The molecule has 1 heterocycles. The normalized spacial score (nSPS) is 22.6. The van der Waals surface area contributed by atoms with E-state index in [1.165, 1.54) is 12.8 Å². The molecule has 1 aromatic carbocycles. The van der Waals surface area contributed by atoms with E-state index in [0.29, 0.717) is 23.5 Å². The first-order valence-corrected chi connectivity index (χ1v) is 6.68. The molecule has 17 heavy (non-hydrogen) atoms. The summed E-state index contributed by atoms with van der Waals surface area (Å²) in [4.78, 5) is 0. The second-order valence-electron chi connectivity index (χ2n) is 5.44. The van der Waals surface area contributed by atoms with Gasteiger partial charge in [-0.1, -0.05) is 32.0 Å². The van der Waals surface area contributed by atoms with Crippen molar-refractivity contribution in [3.8, 4) is 5.75 Å². The Hall–Kier alpha value is -1.02. The lowest BCUT2D eigenvalue weighted by atomic mass is 9.75. The van der Waals surface area contributed by atoms with Crippen LogP contribution in [-0.2, 0) is 0 Å². The third-order valence-electron chi connectivity index (χ3n) is 3.86. The fraction of sp³-hybridized carbons (Fsp3) is 0.600. The SMILES string of the molecule is CC(C)C(c1ccccc1O)C1CCCNC1. The van der Waals surface area contributed by atoms with Crippen molar-refractivity contribution in [2.75, 3.05) is 13.1 Å². The minimum Gasteiger partial charge on any atom is -0.508 e. The number of phenols is 1. The Balaban J connectivity index is 2.25. The van der Waals surface area contributed by atoms with Gasteiger partial charge in [0.05, 0.1) is 0 Å². The van der Waals surface area contributed by atoms with Gasteiger partial charge in [0.25, 0.3) is 0 Å². The van der Waals surface area contributed by atoms with Crippen LogP contribution in [0.5, 0.6) is 5.75 Å². The Kier molecular flexibility index (Phi) is 4.06. The summed E-state index contributed by atoms with van der Waals surface area (Å²) in [6.07, 6.45) is 2.52. The lowest BCUT2D eigenvalue weighted by Crippen LogP contribution is -2.35. The van der Waals surface area contributed by atoms with E-state index in [-0.39, 0.29) is 0 Å². The molecule has 2 atom stereocenters. The van der Waals surface area contributed by atoms with Crippen LogP contribution in [-0.4, -0.2) is 18.2 Å². The number of para-hydroxylation sites is 1. The van der Waals surface area contributed by atoms with Crippen LogP contribution in [0.2, 0.25) is 0 Å². The molecule has 2 unspecified atom stereocenters. The van der Waals surface area contributed by atoms with E-state index in [4.69, 9.17) is 0 Å². The predicted molar refractivity (Wildman–Crippen MR) is 71.3 cm³/mol. The lowest BCUT2D eigenvalue weighted by molar-refractivity contribution is 0.270. The minimum absolute atomic E-state index is 0.455. The van der Waals surface area contributed by atoms with Gasteiger partial charge in [-0.25, -0.2) is 0 Å². The van der Waals surface area contributed by atoms with Gasteiger partial charge in [0.15, 0.2) is 0 Å². The monoisotopic (exact) mass is 233 g/mol. The van der Waals surface area contributed by atoms with E-state index in [1.807, 2.05) is 12.1 Å². The smallest absolute Gasteiger partial charge is 0.119 e. The summed E-state index contributed by atoms with van der Waals surface area (Å²) in [5, 5.41) is 13.5. The highest BCUT2D eigenvalue weighted by atomic mass is 16.3. The van der Waals surface area contributed by atoms with Gasteiger partial charge in [0.2, 0.25) is 0 Å². The summed E-state index contributed by atoms with van der Waals surface area (Å²) in [5.41, 5.74) is 1.12. The number of benzene rings is 1. The molecule has 1 saturated heterocycles. The third-order valence-corrected chi connectivity index (χ3v) is 3.86. The van der Waals surface area contributed by atoms with Crippen LogP contribution in [0.3, 0.4) is 0 Å². The Morgan fingerprint density at radius 2 is 2.06 bits per heavy atom. The average molecular weight is 233 g/mol. The second kappa shape index (κ2) is 5.54. The van der Waals surface area contributed by atoms with Gasteiger partial charge in [-0.05, 0) is 55.3 Å². The van der Waals surface area contributed by atoms with Crippen molar-refractivity contribution >= 4 is 0 Å². The molecule has 94 valence electrons. The van der Waals surface area contributed by atoms with Crippen molar-refractivity contribution in [1.82, 2.24) is 5.32 Å². The zero-order chi connectivity index (χ0) is 12.3. The van der Waals surface area contributed by atoms with Crippen molar-refractivity contribution in [3.05, 3.63) is 29.8 Å². The topological polar surface area (TPSA) is 32.3 Å². The number of hydrogen-bond donors (Lipinski definition) is 2. The van der Waals surface area contributed by atoms with E-state index in [0.717, 1.165) is 18.7 Å². The third kappa shape index (κ3) is 2.81. The summed E-state index contributed by atoms with van der Waals surface area (Å²) in [6.45, 7) is 6.73. The van der Waals surface area contributed by atoms with Crippen LogP contribution < -0.4 is 5.32 Å². The van der Waals surface area contributed by atoms with Crippen LogP contribution in [0.15, 0.2) is 24.3 Å². The molecule has 0 saturated carbocycles. The molecule has 1 aliphatic heterocycles. The number of piperidine rings is 1. The van der Waals surface area contributed by atoms with Gasteiger partial charge >= 0.3 is 0 Å². The zero-order valence-electron chi connectivity index (χ0n) is 10.8. The molecule has 2 nitrogen and oxygen atoms in total. The Morgan fingerprint density at radius 3 is 2.65 bits per heavy atom. The summed E-state index contributed by atoms with van der Waals surface area (Å²) in [5.74, 6) is 2.13. The maximum atomic E-state index is 10.0. The maximum absolute atomic E-state index is 10.0. The van der Waals surface area contributed by atoms with Gasteiger partial charge in [0, 0.05) is 0 Å². The van der Waals surface area contributed by atoms with E-state index in [1.54, 1.807) is 6.07 Å². The van der Waals surface area contributed by atoms with Crippen LogP contribution in [0.1, 0.15) is 38.2 Å². The first-order valence-electron chi connectivity index (χ1n) is 6.68. The van der Waals surface area contributed by atoms with E-state index in [9.17, 15) is 5.11 Å². The molecule has 1 fully saturated rings. The van der Waals surface area contributed by atoms with Crippen LogP contribution in [0.25, 0.3) is 0 Å². The molecule has 1 aliphatic rings. The molecule has 0 spiro atoms. The number of aromatic hydroxyl groups is 1. The molecule has 2 heteroatoms. The molecule has 2 N–H and O–H groups in total. The Bertz CT molecular complexity index is 356. The highest BCUT2D eigenvalue weighted by Crippen LogP contribution is 2.39. The molecule has 1 aromatic rings. The summed E-state index contributed by atoms with van der Waals surface area (Å²) in [7, 11) is 0. The Labute approximate surface area is 104 Å². The van der Waals surface area contributed by atoms with Gasteiger partial charge in [-0.3, -0.25) is 0 Å². The fourth-order valence-electron chi connectivity index (χ4n) is 3.11. The number of hydrogen-bond acceptors (Lipinski definition) is 2. The fourth-order valence-corrected chi connectivity index (χ4v) is 3.11. The second-order valence-corrected chi connectivity index (χ2v) is 5.44. The zero-order valence-corrected chi connectivity index (χ0v) is 10.8. The van der Waals surface area contributed by atoms with Crippen LogP contribution in [0, 0.1) is 11.8 Å². The van der Waals surface area contributed by atoms with E-state index in [2.05, 4.69) is 25.2 Å². The molecular weight excluding hydrogens is 210 g/mol. The first-order chi connectivity index (χ1) is 8.20. The summed E-state index contributed by atoms with van der Waals surface area (Å²) < 4.78 is 0. The van der Waals surface area contributed by atoms with Gasteiger partial charge in [-0.2, -0.15) is 0 Å². The Morgan fingerprint density at radius 1 is 1.29 bits per heavy atom. The number of nitrogens with one attached hydrogen (secondary N) is 1. The molecular formula is C15H23NO. The van der Waals surface area contributed by atoms with Crippen molar-refractivity contribution in [3.63, 3.8) is 0 Å².